The predicted octanol–water partition coefficient (Wildman–Crippen LogP) is 4.26. The van der Waals surface area contributed by atoms with Crippen LogP contribution in [0.4, 0.5) is 0 Å². The van der Waals surface area contributed by atoms with Gasteiger partial charge in [-0.05, 0) is 42.3 Å². The summed E-state index contributed by atoms with van der Waals surface area (Å²) < 4.78 is 10.5. The molecular weight excluding hydrogens is 236 g/mol. The first-order valence-corrected chi connectivity index (χ1v) is 6.20. The molecule has 19 heavy (non-hydrogen) atoms. The molecule has 0 aliphatic heterocycles. The number of ether oxygens (including phenoxy) is 2. The highest BCUT2D eigenvalue weighted by Crippen LogP contribution is 2.25. The van der Waals surface area contributed by atoms with Crippen LogP contribution in [0.1, 0.15) is 18.1 Å². The van der Waals surface area contributed by atoms with Gasteiger partial charge in [0.1, 0.15) is 11.5 Å². The largest absolute Gasteiger partial charge is 0.497 e. The van der Waals surface area contributed by atoms with Gasteiger partial charge in [0.15, 0.2) is 0 Å². The summed E-state index contributed by atoms with van der Waals surface area (Å²) in [6.45, 7) is 2.09. The van der Waals surface area contributed by atoms with Crippen molar-refractivity contribution in [1.82, 2.24) is 0 Å². The van der Waals surface area contributed by atoms with E-state index in [1.54, 1.807) is 14.2 Å². The van der Waals surface area contributed by atoms with Gasteiger partial charge in [0, 0.05) is 5.56 Å². The molecule has 2 aromatic carbocycles. The van der Waals surface area contributed by atoms with E-state index >= 15 is 0 Å². The zero-order valence-corrected chi connectivity index (χ0v) is 11.5. The fraction of sp³-hybridized carbons (Fsp3) is 0.176. The summed E-state index contributed by atoms with van der Waals surface area (Å²) in [7, 11) is 3.36. The summed E-state index contributed by atoms with van der Waals surface area (Å²) in [5, 5.41) is 0. The molecule has 0 aliphatic rings. The second-order valence-corrected chi connectivity index (χ2v) is 4.30. The fourth-order valence-electron chi connectivity index (χ4n) is 1.96. The SMILES string of the molecule is COc1ccc(/C(C)=C/c2ccccc2OC)cc1. The Balaban J connectivity index is 2.31. The van der Waals surface area contributed by atoms with Crippen LogP contribution in [0.5, 0.6) is 11.5 Å². The normalized spacial score (nSPS) is 11.2. The molecule has 2 heteroatoms. The maximum Gasteiger partial charge on any atom is 0.126 e. The van der Waals surface area contributed by atoms with Crippen LogP contribution in [0.15, 0.2) is 48.5 Å². The third kappa shape index (κ3) is 3.16. The van der Waals surface area contributed by atoms with Gasteiger partial charge in [-0.25, -0.2) is 0 Å². The quantitative estimate of drug-likeness (QED) is 0.759. The minimum absolute atomic E-state index is 0.869. The number of rotatable bonds is 4. The van der Waals surface area contributed by atoms with E-state index in [2.05, 4.69) is 25.1 Å². The van der Waals surface area contributed by atoms with Gasteiger partial charge in [0.2, 0.25) is 0 Å². The topological polar surface area (TPSA) is 18.5 Å². The van der Waals surface area contributed by atoms with Crippen molar-refractivity contribution in [2.24, 2.45) is 0 Å². The van der Waals surface area contributed by atoms with Gasteiger partial charge >= 0.3 is 0 Å². The molecule has 98 valence electrons. The first-order chi connectivity index (χ1) is 9.24. The smallest absolute Gasteiger partial charge is 0.126 e. The number of benzene rings is 2. The summed E-state index contributed by atoms with van der Waals surface area (Å²) >= 11 is 0. The number of hydrogen-bond acceptors (Lipinski definition) is 2. The molecule has 0 heterocycles. The van der Waals surface area contributed by atoms with Crippen molar-refractivity contribution in [3.8, 4) is 11.5 Å². The number of para-hydroxylation sites is 1. The highest BCUT2D eigenvalue weighted by atomic mass is 16.5. The van der Waals surface area contributed by atoms with Crippen LogP contribution in [0.2, 0.25) is 0 Å². The van der Waals surface area contributed by atoms with Gasteiger partial charge in [-0.1, -0.05) is 30.3 Å². The third-order valence-corrected chi connectivity index (χ3v) is 3.06. The second-order valence-electron chi connectivity index (χ2n) is 4.30. The van der Waals surface area contributed by atoms with Crippen molar-refractivity contribution < 1.29 is 9.47 Å². The Kier molecular flexibility index (Phi) is 4.24. The van der Waals surface area contributed by atoms with Crippen LogP contribution in [0.3, 0.4) is 0 Å². The second kappa shape index (κ2) is 6.10. The molecule has 0 aromatic heterocycles. The average molecular weight is 254 g/mol. The van der Waals surface area contributed by atoms with Gasteiger partial charge in [-0.3, -0.25) is 0 Å². The fourth-order valence-corrected chi connectivity index (χ4v) is 1.96. The third-order valence-electron chi connectivity index (χ3n) is 3.06. The number of hydrogen-bond donors (Lipinski definition) is 0. The molecule has 2 rings (SSSR count). The highest BCUT2D eigenvalue weighted by molar-refractivity contribution is 5.82. The summed E-state index contributed by atoms with van der Waals surface area (Å²) in [5.41, 5.74) is 3.44. The van der Waals surface area contributed by atoms with E-state index in [1.807, 2.05) is 36.4 Å². The predicted molar refractivity (Wildman–Crippen MR) is 79.5 cm³/mol. The molecule has 0 unspecified atom stereocenters. The Morgan fingerprint density at radius 1 is 0.895 bits per heavy atom. The van der Waals surface area contributed by atoms with Crippen molar-refractivity contribution in [2.45, 2.75) is 6.92 Å². The van der Waals surface area contributed by atoms with Gasteiger partial charge in [0.05, 0.1) is 14.2 Å². The van der Waals surface area contributed by atoms with E-state index in [9.17, 15) is 0 Å². The van der Waals surface area contributed by atoms with Crippen LogP contribution in [0, 0.1) is 0 Å². The lowest BCUT2D eigenvalue weighted by Gasteiger charge is -2.07. The Bertz CT molecular complexity index is 568. The molecule has 0 saturated heterocycles. The molecule has 0 radical (unpaired) electrons. The molecule has 0 atom stereocenters. The van der Waals surface area contributed by atoms with Crippen LogP contribution >= 0.6 is 0 Å². The summed E-state index contributed by atoms with van der Waals surface area (Å²) in [6.07, 6.45) is 2.13. The first-order valence-electron chi connectivity index (χ1n) is 6.20. The van der Waals surface area contributed by atoms with Gasteiger partial charge in [-0.15, -0.1) is 0 Å². The van der Waals surface area contributed by atoms with Crippen molar-refractivity contribution in [1.29, 1.82) is 0 Å². The maximum atomic E-state index is 5.35. The monoisotopic (exact) mass is 254 g/mol. The number of allylic oxidation sites excluding steroid dienone is 1. The molecular formula is C17H18O2. The zero-order valence-electron chi connectivity index (χ0n) is 11.5. The Hall–Kier alpha value is -2.22. The maximum absolute atomic E-state index is 5.35. The molecule has 0 N–H and O–H groups in total. The van der Waals surface area contributed by atoms with Crippen LogP contribution in [-0.4, -0.2) is 14.2 Å². The Labute approximate surface area is 114 Å². The van der Waals surface area contributed by atoms with E-state index in [-0.39, 0.29) is 0 Å². The van der Waals surface area contributed by atoms with Crippen molar-refractivity contribution in [3.05, 3.63) is 59.7 Å². The lowest BCUT2D eigenvalue weighted by Crippen LogP contribution is -1.87. The van der Waals surface area contributed by atoms with E-state index in [0.29, 0.717) is 0 Å². The average Bonchev–Trinajstić information content (AvgIpc) is 2.48. The summed E-state index contributed by atoms with van der Waals surface area (Å²) in [5.74, 6) is 1.75. The molecule has 0 fully saturated rings. The van der Waals surface area contributed by atoms with Crippen LogP contribution in [0.25, 0.3) is 11.6 Å². The van der Waals surface area contributed by atoms with Gasteiger partial charge in [0.25, 0.3) is 0 Å². The minimum atomic E-state index is 0.869. The number of methoxy groups -OCH3 is 2. The van der Waals surface area contributed by atoms with E-state index < -0.39 is 0 Å². The van der Waals surface area contributed by atoms with Gasteiger partial charge < -0.3 is 9.47 Å². The molecule has 0 saturated carbocycles. The van der Waals surface area contributed by atoms with Crippen LogP contribution < -0.4 is 9.47 Å². The van der Waals surface area contributed by atoms with E-state index in [4.69, 9.17) is 9.47 Å². The van der Waals surface area contributed by atoms with Crippen LogP contribution in [-0.2, 0) is 0 Å². The lowest BCUT2D eigenvalue weighted by molar-refractivity contribution is 0.414. The molecule has 0 bridgehead atoms. The van der Waals surface area contributed by atoms with E-state index in [0.717, 1.165) is 17.1 Å². The van der Waals surface area contributed by atoms with Crippen molar-refractivity contribution in [2.75, 3.05) is 14.2 Å². The summed E-state index contributed by atoms with van der Waals surface area (Å²) in [4.78, 5) is 0. The molecule has 0 amide bonds. The standard InChI is InChI=1S/C17H18O2/c1-13(14-8-10-16(18-2)11-9-14)12-15-6-4-5-7-17(15)19-3/h4-12H,1-3H3/b13-12+. The Morgan fingerprint density at radius 2 is 1.58 bits per heavy atom. The van der Waals surface area contributed by atoms with Gasteiger partial charge in [-0.2, -0.15) is 0 Å². The minimum Gasteiger partial charge on any atom is -0.497 e. The molecule has 0 aliphatic carbocycles. The molecule has 2 nitrogen and oxygen atoms in total. The van der Waals surface area contributed by atoms with Crippen molar-refractivity contribution in [3.63, 3.8) is 0 Å². The highest BCUT2D eigenvalue weighted by Gasteiger charge is 2.01. The van der Waals surface area contributed by atoms with Crippen molar-refractivity contribution >= 4 is 11.6 Å². The van der Waals surface area contributed by atoms with E-state index in [1.165, 1.54) is 11.1 Å². The molecule has 2 aromatic rings. The Morgan fingerprint density at radius 3 is 2.21 bits per heavy atom. The zero-order chi connectivity index (χ0) is 13.7. The first kappa shape index (κ1) is 13.2. The molecule has 0 spiro atoms. The lowest BCUT2D eigenvalue weighted by atomic mass is 10.0. The summed E-state index contributed by atoms with van der Waals surface area (Å²) in [6, 6.07) is 16.0.